The highest BCUT2D eigenvalue weighted by molar-refractivity contribution is 6.08. The van der Waals surface area contributed by atoms with Gasteiger partial charge in [0, 0.05) is 33.9 Å². The molecule has 2 aromatic carbocycles. The highest BCUT2D eigenvalue weighted by Gasteiger charge is 2.11. The van der Waals surface area contributed by atoms with Crippen molar-refractivity contribution in [3.8, 4) is 12.3 Å². The summed E-state index contributed by atoms with van der Waals surface area (Å²) in [5.74, 6) is 3.34. The predicted octanol–water partition coefficient (Wildman–Crippen LogP) is 4.43. The molecule has 0 spiro atoms. The quantitative estimate of drug-likeness (QED) is 0.590. The molecular formula is C18H17N. The van der Waals surface area contributed by atoms with Crippen molar-refractivity contribution in [3.05, 3.63) is 48.0 Å². The van der Waals surface area contributed by atoms with Crippen molar-refractivity contribution in [2.75, 3.05) is 0 Å². The molecule has 19 heavy (non-hydrogen) atoms. The second-order valence-electron chi connectivity index (χ2n) is 5.40. The van der Waals surface area contributed by atoms with Crippen LogP contribution in [0, 0.1) is 18.3 Å². The van der Waals surface area contributed by atoms with Gasteiger partial charge in [-0.05, 0) is 30.2 Å². The number of para-hydroxylation sites is 1. The van der Waals surface area contributed by atoms with Gasteiger partial charge in [0.25, 0.3) is 0 Å². The van der Waals surface area contributed by atoms with Crippen molar-refractivity contribution in [1.82, 2.24) is 4.57 Å². The average Bonchev–Trinajstić information content (AvgIpc) is 2.73. The molecule has 0 aliphatic heterocycles. The molecule has 3 aromatic rings. The summed E-state index contributed by atoms with van der Waals surface area (Å²) >= 11 is 0. The van der Waals surface area contributed by atoms with Crippen molar-refractivity contribution < 1.29 is 0 Å². The number of nitrogens with zero attached hydrogens (tertiary/aromatic N) is 1. The van der Waals surface area contributed by atoms with Crippen molar-refractivity contribution in [2.24, 2.45) is 5.92 Å². The minimum absolute atomic E-state index is 0.617. The fraction of sp³-hybridized carbons (Fsp3) is 0.222. The minimum Gasteiger partial charge on any atom is -0.340 e. The summed E-state index contributed by atoms with van der Waals surface area (Å²) in [7, 11) is 0. The zero-order valence-electron chi connectivity index (χ0n) is 11.4. The molecule has 0 amide bonds. The Hall–Kier alpha value is -2.20. The van der Waals surface area contributed by atoms with E-state index < -0.39 is 0 Å². The third kappa shape index (κ3) is 1.90. The van der Waals surface area contributed by atoms with Gasteiger partial charge in [-0.2, -0.15) is 0 Å². The Morgan fingerprint density at radius 1 is 1.05 bits per heavy atom. The monoisotopic (exact) mass is 247 g/mol. The van der Waals surface area contributed by atoms with Crippen LogP contribution >= 0.6 is 0 Å². The van der Waals surface area contributed by atoms with Crippen LogP contribution in [0.1, 0.15) is 19.4 Å². The molecule has 0 atom stereocenters. The first kappa shape index (κ1) is 11.9. The average molecular weight is 247 g/mol. The molecule has 0 bridgehead atoms. The van der Waals surface area contributed by atoms with Crippen LogP contribution in [0.25, 0.3) is 21.8 Å². The highest BCUT2D eigenvalue weighted by Crippen LogP contribution is 2.30. The molecule has 0 unspecified atom stereocenters. The summed E-state index contributed by atoms with van der Waals surface area (Å²) in [5.41, 5.74) is 3.51. The molecule has 1 heterocycles. The summed E-state index contributed by atoms with van der Waals surface area (Å²) in [6, 6.07) is 14.8. The van der Waals surface area contributed by atoms with Crippen LogP contribution in [-0.4, -0.2) is 4.57 Å². The van der Waals surface area contributed by atoms with Crippen LogP contribution in [0.4, 0.5) is 0 Å². The van der Waals surface area contributed by atoms with Crippen LogP contribution in [0.5, 0.6) is 0 Å². The topological polar surface area (TPSA) is 4.93 Å². The molecule has 0 saturated heterocycles. The number of aromatic nitrogens is 1. The second kappa shape index (κ2) is 4.48. The molecule has 0 fully saturated rings. The molecule has 0 aliphatic rings. The lowest BCUT2D eigenvalue weighted by Gasteiger charge is -2.10. The summed E-state index contributed by atoms with van der Waals surface area (Å²) in [5, 5.41) is 2.54. The van der Waals surface area contributed by atoms with Crippen LogP contribution in [0.15, 0.2) is 42.5 Å². The number of benzene rings is 2. The van der Waals surface area contributed by atoms with Gasteiger partial charge in [0.2, 0.25) is 0 Å². The molecule has 1 heteroatoms. The van der Waals surface area contributed by atoms with Crippen LogP contribution in [0.2, 0.25) is 0 Å². The fourth-order valence-electron chi connectivity index (χ4n) is 2.71. The number of terminal acetylenes is 1. The maximum Gasteiger partial charge on any atom is 0.0492 e. The first-order valence-corrected chi connectivity index (χ1v) is 6.68. The smallest absolute Gasteiger partial charge is 0.0492 e. The molecule has 1 aromatic heterocycles. The van der Waals surface area contributed by atoms with E-state index in [4.69, 9.17) is 6.42 Å². The molecule has 1 nitrogen and oxygen atoms in total. The number of hydrogen-bond acceptors (Lipinski definition) is 0. The molecular weight excluding hydrogens is 230 g/mol. The summed E-state index contributed by atoms with van der Waals surface area (Å²) in [4.78, 5) is 0. The van der Waals surface area contributed by atoms with Gasteiger partial charge in [-0.3, -0.25) is 0 Å². The fourth-order valence-corrected chi connectivity index (χ4v) is 2.71. The van der Waals surface area contributed by atoms with Gasteiger partial charge in [0.15, 0.2) is 0 Å². The van der Waals surface area contributed by atoms with E-state index in [1.54, 1.807) is 0 Å². The van der Waals surface area contributed by atoms with E-state index in [-0.39, 0.29) is 0 Å². The lowest BCUT2D eigenvalue weighted by molar-refractivity contribution is 0.545. The van der Waals surface area contributed by atoms with Gasteiger partial charge in [0.05, 0.1) is 0 Å². The minimum atomic E-state index is 0.617. The van der Waals surface area contributed by atoms with Gasteiger partial charge < -0.3 is 4.57 Å². The van der Waals surface area contributed by atoms with Crippen molar-refractivity contribution in [2.45, 2.75) is 20.4 Å². The Bertz CT molecular complexity index is 784. The number of fused-ring (bicyclic) bond motifs is 3. The van der Waals surface area contributed by atoms with Crippen molar-refractivity contribution in [3.63, 3.8) is 0 Å². The van der Waals surface area contributed by atoms with E-state index >= 15 is 0 Å². The molecule has 0 N–H and O–H groups in total. The zero-order valence-corrected chi connectivity index (χ0v) is 11.4. The molecule has 0 radical (unpaired) electrons. The second-order valence-corrected chi connectivity index (χ2v) is 5.40. The Balaban J connectivity index is 2.41. The lowest BCUT2D eigenvalue weighted by atomic mass is 10.1. The Kier molecular flexibility index (Phi) is 2.80. The van der Waals surface area contributed by atoms with E-state index in [0.717, 1.165) is 12.1 Å². The maximum atomic E-state index is 5.52. The van der Waals surface area contributed by atoms with E-state index in [0.29, 0.717) is 5.92 Å². The third-order valence-corrected chi connectivity index (χ3v) is 3.49. The Morgan fingerprint density at radius 2 is 1.79 bits per heavy atom. The third-order valence-electron chi connectivity index (χ3n) is 3.49. The predicted molar refractivity (Wildman–Crippen MR) is 82.2 cm³/mol. The van der Waals surface area contributed by atoms with Gasteiger partial charge in [0.1, 0.15) is 0 Å². The number of rotatable bonds is 2. The van der Waals surface area contributed by atoms with Crippen LogP contribution in [0.3, 0.4) is 0 Å². The normalized spacial score (nSPS) is 11.3. The van der Waals surface area contributed by atoms with E-state index in [1.165, 1.54) is 21.8 Å². The van der Waals surface area contributed by atoms with Crippen LogP contribution in [-0.2, 0) is 6.54 Å². The molecule has 94 valence electrons. The van der Waals surface area contributed by atoms with Crippen molar-refractivity contribution in [1.29, 1.82) is 0 Å². The Labute approximate surface area is 113 Å². The number of hydrogen-bond donors (Lipinski definition) is 0. The SMILES string of the molecule is C#Cc1ccc2c(c1)c1ccccc1n2CC(C)C. The van der Waals surface area contributed by atoms with Gasteiger partial charge in [-0.15, -0.1) is 6.42 Å². The van der Waals surface area contributed by atoms with E-state index in [9.17, 15) is 0 Å². The molecule has 0 aliphatic carbocycles. The van der Waals surface area contributed by atoms with Crippen molar-refractivity contribution >= 4 is 21.8 Å². The molecule has 3 rings (SSSR count). The lowest BCUT2D eigenvalue weighted by Crippen LogP contribution is -2.03. The van der Waals surface area contributed by atoms with E-state index in [2.05, 4.69) is 60.7 Å². The van der Waals surface area contributed by atoms with Gasteiger partial charge in [-0.1, -0.05) is 38.0 Å². The summed E-state index contributed by atoms with van der Waals surface area (Å²) < 4.78 is 2.40. The Morgan fingerprint density at radius 3 is 2.53 bits per heavy atom. The largest absolute Gasteiger partial charge is 0.340 e. The van der Waals surface area contributed by atoms with Crippen LogP contribution < -0.4 is 0 Å². The first-order chi connectivity index (χ1) is 9.20. The van der Waals surface area contributed by atoms with E-state index in [1.807, 2.05) is 6.07 Å². The summed E-state index contributed by atoms with van der Waals surface area (Å²) in [6.45, 7) is 5.52. The van der Waals surface area contributed by atoms with Gasteiger partial charge in [-0.25, -0.2) is 0 Å². The standard InChI is InChI=1S/C18H17N/c1-4-14-9-10-18-16(11-14)15-7-5-6-8-17(15)19(18)12-13(2)3/h1,5-11,13H,12H2,2-3H3. The molecule has 0 saturated carbocycles. The first-order valence-electron chi connectivity index (χ1n) is 6.68. The summed E-state index contributed by atoms with van der Waals surface area (Å²) in [6.07, 6.45) is 5.52. The highest BCUT2D eigenvalue weighted by atomic mass is 15.0. The van der Waals surface area contributed by atoms with Gasteiger partial charge >= 0.3 is 0 Å². The maximum absolute atomic E-state index is 5.52. The zero-order chi connectivity index (χ0) is 13.4.